The number of aliphatic hydroxyl groups excluding tert-OH is 1. The van der Waals surface area contributed by atoms with Crippen molar-refractivity contribution >= 4 is 10.1 Å². The maximum atomic E-state index is 12.8. The largest absolute Gasteiger partial charge is 0.387 e. The fourth-order valence-corrected chi connectivity index (χ4v) is 5.15. The van der Waals surface area contributed by atoms with Crippen LogP contribution in [0.3, 0.4) is 0 Å². The van der Waals surface area contributed by atoms with Crippen molar-refractivity contribution in [1.82, 2.24) is 0 Å². The van der Waals surface area contributed by atoms with Crippen molar-refractivity contribution in [3.05, 3.63) is 65.7 Å². The number of aliphatic hydroxyl groups is 1. The Labute approximate surface area is 174 Å². The Morgan fingerprint density at radius 2 is 1.53 bits per heavy atom. The second-order valence-electron chi connectivity index (χ2n) is 7.67. The summed E-state index contributed by atoms with van der Waals surface area (Å²) in [4.78, 5) is 0.0226. The van der Waals surface area contributed by atoms with Gasteiger partial charge in [0.25, 0.3) is 16.6 Å². The fraction of sp³-hybridized carbons (Fsp3) is 0.429. The first-order valence-electron chi connectivity index (χ1n) is 9.72. The van der Waals surface area contributed by atoms with Crippen LogP contribution in [-0.4, -0.2) is 56.6 Å². The van der Waals surface area contributed by atoms with E-state index < -0.39 is 53.2 Å². The first-order valence-corrected chi connectivity index (χ1v) is 11.1. The van der Waals surface area contributed by atoms with Crippen LogP contribution < -0.4 is 0 Å². The van der Waals surface area contributed by atoms with Gasteiger partial charge in [0.1, 0.15) is 36.6 Å². The minimum absolute atomic E-state index is 0.0226. The highest BCUT2D eigenvalue weighted by Gasteiger charge is 2.63. The zero-order valence-corrected chi connectivity index (χ0v) is 17.0. The smallest absolute Gasteiger partial charge is 0.297 e. The minimum Gasteiger partial charge on any atom is -0.387 e. The van der Waals surface area contributed by atoms with Gasteiger partial charge >= 0.3 is 0 Å². The number of ether oxygens (including phenoxy) is 4. The quantitative estimate of drug-likeness (QED) is 0.683. The number of rotatable bonds is 6. The van der Waals surface area contributed by atoms with Gasteiger partial charge < -0.3 is 24.1 Å². The van der Waals surface area contributed by atoms with Crippen LogP contribution in [0.25, 0.3) is 0 Å². The van der Waals surface area contributed by atoms with E-state index in [1.165, 1.54) is 12.1 Å². The summed E-state index contributed by atoms with van der Waals surface area (Å²) < 4.78 is 54.0. The van der Waals surface area contributed by atoms with Gasteiger partial charge in [0.15, 0.2) is 0 Å². The fourth-order valence-electron chi connectivity index (χ4n) is 4.06. The molecule has 0 amide bonds. The highest BCUT2D eigenvalue weighted by atomic mass is 32.2. The maximum Gasteiger partial charge on any atom is 0.297 e. The van der Waals surface area contributed by atoms with Crippen molar-refractivity contribution in [2.24, 2.45) is 0 Å². The van der Waals surface area contributed by atoms with E-state index in [1.54, 1.807) is 12.1 Å². The zero-order valence-electron chi connectivity index (χ0n) is 16.2. The van der Waals surface area contributed by atoms with Crippen LogP contribution in [0.5, 0.6) is 0 Å². The molecular weight excluding hydrogens is 412 g/mol. The summed E-state index contributed by atoms with van der Waals surface area (Å²) in [5, 5.41) is 10.7. The first kappa shape index (κ1) is 20.1. The molecule has 6 rings (SSSR count). The van der Waals surface area contributed by atoms with E-state index >= 15 is 0 Å². The van der Waals surface area contributed by atoms with E-state index in [1.807, 2.05) is 37.3 Å². The lowest BCUT2D eigenvalue weighted by atomic mass is 9.82. The second kappa shape index (κ2) is 7.69. The predicted molar refractivity (Wildman–Crippen MR) is 103 cm³/mol. The highest BCUT2D eigenvalue weighted by Crippen LogP contribution is 2.43. The second-order valence-corrected chi connectivity index (χ2v) is 9.24. The van der Waals surface area contributed by atoms with Crippen molar-refractivity contribution in [2.75, 3.05) is 0 Å². The molecule has 30 heavy (non-hydrogen) atoms. The van der Waals surface area contributed by atoms with Gasteiger partial charge in [-0.2, -0.15) is 8.42 Å². The molecule has 4 bridgehead atoms. The Bertz CT molecular complexity index is 993. The van der Waals surface area contributed by atoms with Gasteiger partial charge in [-0.15, -0.1) is 0 Å². The molecule has 160 valence electrons. The van der Waals surface area contributed by atoms with Crippen LogP contribution in [0, 0.1) is 6.92 Å². The lowest BCUT2D eigenvalue weighted by Crippen LogP contribution is -2.76. The van der Waals surface area contributed by atoms with Gasteiger partial charge in [-0.25, -0.2) is 0 Å². The zero-order chi connectivity index (χ0) is 20.9. The van der Waals surface area contributed by atoms with Crippen molar-refractivity contribution < 1.29 is 36.7 Å². The van der Waals surface area contributed by atoms with Crippen LogP contribution >= 0.6 is 0 Å². The molecule has 9 heteroatoms. The number of benzene rings is 2. The SMILES string of the molecule is Cc1ccc(S(=O)(=O)O[C@@H]2[C@H]3OC4O[C@@H]2[C@H](O)[C@H](O4)[C@H]3OCc2ccccc2)cc1. The lowest BCUT2D eigenvalue weighted by molar-refractivity contribution is -0.481. The molecule has 4 aliphatic rings. The summed E-state index contributed by atoms with van der Waals surface area (Å²) in [6.07, 6.45) is -5.25. The predicted octanol–water partition coefficient (Wildman–Crippen LogP) is 1.50. The molecule has 1 saturated carbocycles. The van der Waals surface area contributed by atoms with Crippen LogP contribution in [0.2, 0.25) is 0 Å². The van der Waals surface area contributed by atoms with Crippen molar-refractivity contribution in [3.8, 4) is 0 Å². The van der Waals surface area contributed by atoms with Crippen molar-refractivity contribution in [3.63, 3.8) is 0 Å². The molecule has 2 aromatic rings. The molecule has 1 unspecified atom stereocenters. The van der Waals surface area contributed by atoms with Crippen molar-refractivity contribution in [1.29, 1.82) is 0 Å². The molecular formula is C21H22O8S. The minimum atomic E-state index is -4.10. The molecule has 3 saturated heterocycles. The van der Waals surface area contributed by atoms with Gasteiger partial charge in [0.2, 0.25) is 0 Å². The molecule has 7 atom stereocenters. The summed E-state index contributed by atoms with van der Waals surface area (Å²) >= 11 is 0. The Morgan fingerprint density at radius 3 is 2.23 bits per heavy atom. The number of hydrogen-bond acceptors (Lipinski definition) is 8. The molecule has 8 nitrogen and oxygen atoms in total. The summed E-state index contributed by atoms with van der Waals surface area (Å²) in [7, 11) is -4.10. The molecule has 1 aliphatic carbocycles. The van der Waals surface area contributed by atoms with Crippen LogP contribution in [0.1, 0.15) is 11.1 Å². The third-order valence-corrected chi connectivity index (χ3v) is 6.93. The molecule has 0 spiro atoms. The van der Waals surface area contributed by atoms with Gasteiger partial charge in [0, 0.05) is 0 Å². The lowest BCUT2D eigenvalue weighted by Gasteiger charge is -2.57. The molecule has 3 heterocycles. The van der Waals surface area contributed by atoms with Crippen LogP contribution in [0.4, 0.5) is 0 Å². The summed E-state index contributed by atoms with van der Waals surface area (Å²) in [6, 6.07) is 15.8. The number of hydrogen-bond donors (Lipinski definition) is 1. The van der Waals surface area contributed by atoms with E-state index in [0.717, 1.165) is 11.1 Å². The van der Waals surface area contributed by atoms with E-state index in [9.17, 15) is 13.5 Å². The van der Waals surface area contributed by atoms with E-state index in [0.29, 0.717) is 0 Å². The standard InChI is InChI=1S/C21H22O8S/c1-12-7-9-14(10-8-12)30(23,24)29-20-17-15(22)16-18(19(20)28-21(26-16)27-17)25-11-13-5-3-2-4-6-13/h2-10,15-22H,11H2,1H3/t15-,16+,17-,18-,19+,20+,21?/m1/s1. The summed E-state index contributed by atoms with van der Waals surface area (Å²) in [5.74, 6) is 0. The van der Waals surface area contributed by atoms with Gasteiger partial charge in [-0.1, -0.05) is 48.0 Å². The Morgan fingerprint density at radius 1 is 0.900 bits per heavy atom. The molecule has 3 aliphatic heterocycles. The van der Waals surface area contributed by atoms with Crippen LogP contribution in [-0.2, 0) is 39.9 Å². The monoisotopic (exact) mass is 434 g/mol. The normalized spacial score (nSPS) is 34.9. The third kappa shape index (κ3) is 3.56. The van der Waals surface area contributed by atoms with Crippen molar-refractivity contribution in [2.45, 2.75) is 61.5 Å². The average molecular weight is 434 g/mol. The van der Waals surface area contributed by atoms with E-state index in [4.69, 9.17) is 23.1 Å². The summed E-state index contributed by atoms with van der Waals surface area (Å²) in [6.45, 7) is 1.14. The van der Waals surface area contributed by atoms with E-state index in [-0.39, 0.29) is 11.5 Å². The molecule has 0 aromatic heterocycles. The van der Waals surface area contributed by atoms with Gasteiger partial charge in [-0.05, 0) is 24.6 Å². The number of aryl methyl sites for hydroxylation is 1. The summed E-state index contributed by atoms with van der Waals surface area (Å²) in [5.41, 5.74) is 1.86. The van der Waals surface area contributed by atoms with Crippen LogP contribution in [0.15, 0.2) is 59.5 Å². The Hall–Kier alpha value is -1.85. The molecule has 2 aromatic carbocycles. The average Bonchev–Trinajstić information content (AvgIpc) is 2.74. The van der Waals surface area contributed by atoms with Gasteiger partial charge in [0.05, 0.1) is 11.5 Å². The highest BCUT2D eigenvalue weighted by molar-refractivity contribution is 7.86. The van der Waals surface area contributed by atoms with E-state index in [2.05, 4.69) is 0 Å². The third-order valence-electron chi connectivity index (χ3n) is 5.61. The molecule has 4 fully saturated rings. The first-order chi connectivity index (χ1) is 14.4. The Kier molecular flexibility index (Phi) is 5.14. The Balaban J connectivity index is 1.39. The van der Waals surface area contributed by atoms with Gasteiger partial charge in [-0.3, -0.25) is 4.18 Å². The molecule has 1 N–H and O–H groups in total. The maximum absolute atomic E-state index is 12.8. The molecule has 0 radical (unpaired) electrons. The topological polar surface area (TPSA) is 101 Å².